The van der Waals surface area contributed by atoms with E-state index in [0.717, 1.165) is 17.1 Å². The molecule has 3 rings (SSSR count). The van der Waals surface area contributed by atoms with Crippen LogP contribution in [0.25, 0.3) is 0 Å². The Morgan fingerprint density at radius 1 is 0.923 bits per heavy atom. The summed E-state index contributed by atoms with van der Waals surface area (Å²) in [6.45, 7) is 6.08. The van der Waals surface area contributed by atoms with E-state index in [0.29, 0.717) is 22.5 Å². The molecule has 0 amide bonds. The third-order valence-corrected chi connectivity index (χ3v) is 4.36. The molecule has 0 saturated carbocycles. The van der Waals surface area contributed by atoms with Crippen LogP contribution in [0.1, 0.15) is 16.8 Å². The predicted molar refractivity (Wildman–Crippen MR) is 107 cm³/mol. The molecule has 1 heterocycles. The van der Waals surface area contributed by atoms with Gasteiger partial charge in [-0.25, -0.2) is 4.98 Å². The monoisotopic (exact) mass is 368 g/mol. The highest BCUT2D eigenvalue weighted by Gasteiger charge is 2.09. The summed E-state index contributed by atoms with van der Waals surface area (Å²) in [6.07, 6.45) is 0. The molecule has 0 aliphatic rings. The third-order valence-electron chi connectivity index (χ3n) is 4.13. The van der Waals surface area contributed by atoms with Gasteiger partial charge in [-0.2, -0.15) is 4.98 Å². The molecule has 0 unspecified atom stereocenters. The summed E-state index contributed by atoms with van der Waals surface area (Å²) in [5.74, 6) is 1.88. The molecule has 0 aliphatic carbocycles. The molecular weight excluding hydrogens is 348 g/mol. The van der Waals surface area contributed by atoms with E-state index in [1.165, 1.54) is 11.1 Å². The molecule has 26 heavy (non-hydrogen) atoms. The summed E-state index contributed by atoms with van der Waals surface area (Å²) in [4.78, 5) is 9.05. The van der Waals surface area contributed by atoms with Gasteiger partial charge < -0.3 is 15.4 Å². The summed E-state index contributed by atoms with van der Waals surface area (Å²) in [7, 11) is 1.62. The third kappa shape index (κ3) is 4.06. The first kappa shape index (κ1) is 18.0. The van der Waals surface area contributed by atoms with Crippen molar-refractivity contribution in [2.45, 2.75) is 20.8 Å². The molecule has 0 radical (unpaired) electrons. The zero-order chi connectivity index (χ0) is 18.7. The summed E-state index contributed by atoms with van der Waals surface area (Å²) < 4.78 is 5.38. The maximum absolute atomic E-state index is 6.10. The Morgan fingerprint density at radius 2 is 1.73 bits per heavy atom. The van der Waals surface area contributed by atoms with Gasteiger partial charge in [0.05, 0.1) is 12.8 Å². The average molecular weight is 369 g/mol. The Balaban J connectivity index is 1.91. The highest BCUT2D eigenvalue weighted by molar-refractivity contribution is 6.31. The van der Waals surface area contributed by atoms with Crippen molar-refractivity contribution in [2.24, 2.45) is 0 Å². The van der Waals surface area contributed by atoms with Gasteiger partial charge in [0, 0.05) is 22.5 Å². The number of nitrogens with zero attached hydrogens (tertiary/aromatic N) is 2. The van der Waals surface area contributed by atoms with Crippen LogP contribution in [0.3, 0.4) is 0 Å². The Hall–Kier alpha value is -2.79. The van der Waals surface area contributed by atoms with Gasteiger partial charge in [-0.05, 0) is 56.2 Å². The number of hydrogen-bond acceptors (Lipinski definition) is 5. The van der Waals surface area contributed by atoms with E-state index in [9.17, 15) is 0 Å². The van der Waals surface area contributed by atoms with Gasteiger partial charge in [0.2, 0.25) is 5.95 Å². The van der Waals surface area contributed by atoms with Crippen molar-refractivity contribution in [3.05, 3.63) is 64.3 Å². The normalized spacial score (nSPS) is 10.5. The van der Waals surface area contributed by atoms with Gasteiger partial charge in [0.25, 0.3) is 0 Å². The minimum atomic E-state index is 0.530. The van der Waals surface area contributed by atoms with E-state index in [1.54, 1.807) is 19.2 Å². The van der Waals surface area contributed by atoms with Gasteiger partial charge in [0.15, 0.2) is 0 Å². The first-order valence-corrected chi connectivity index (χ1v) is 8.63. The van der Waals surface area contributed by atoms with Crippen LogP contribution in [0, 0.1) is 20.8 Å². The number of rotatable bonds is 5. The number of methoxy groups -OCH3 is 1. The number of aryl methyl sites for hydroxylation is 2. The predicted octanol–water partition coefficient (Wildman–Crippen LogP) is 5.55. The van der Waals surface area contributed by atoms with Crippen LogP contribution in [-0.4, -0.2) is 17.1 Å². The van der Waals surface area contributed by atoms with Gasteiger partial charge in [-0.15, -0.1) is 0 Å². The Morgan fingerprint density at radius 3 is 2.50 bits per heavy atom. The molecule has 2 aromatic carbocycles. The number of ether oxygens (including phenoxy) is 1. The molecule has 5 nitrogen and oxygen atoms in total. The number of nitrogens with one attached hydrogen (secondary N) is 2. The van der Waals surface area contributed by atoms with E-state index >= 15 is 0 Å². The Kier molecular flexibility index (Phi) is 5.28. The molecule has 3 aromatic rings. The number of hydrogen-bond donors (Lipinski definition) is 2. The van der Waals surface area contributed by atoms with Crippen LogP contribution in [0.2, 0.25) is 5.02 Å². The van der Waals surface area contributed by atoms with Crippen molar-refractivity contribution in [3.63, 3.8) is 0 Å². The molecule has 0 fully saturated rings. The first-order valence-electron chi connectivity index (χ1n) is 8.26. The number of benzene rings is 2. The summed E-state index contributed by atoms with van der Waals surface area (Å²) >= 11 is 6.10. The van der Waals surface area contributed by atoms with Crippen LogP contribution in [0.5, 0.6) is 5.75 Å². The fourth-order valence-electron chi connectivity index (χ4n) is 2.61. The van der Waals surface area contributed by atoms with Crippen molar-refractivity contribution < 1.29 is 4.74 Å². The van der Waals surface area contributed by atoms with E-state index in [1.807, 2.05) is 31.2 Å². The SMILES string of the molecule is COc1ccc(Cl)cc1Nc1cc(C)nc(Nc2cccc(C)c2C)n1. The molecule has 1 aromatic heterocycles. The fourth-order valence-corrected chi connectivity index (χ4v) is 2.78. The minimum Gasteiger partial charge on any atom is -0.495 e. The Bertz CT molecular complexity index is 943. The topological polar surface area (TPSA) is 59.1 Å². The lowest BCUT2D eigenvalue weighted by molar-refractivity contribution is 0.417. The summed E-state index contributed by atoms with van der Waals surface area (Å²) in [5.41, 5.74) is 4.96. The molecule has 2 N–H and O–H groups in total. The Labute approximate surface area is 158 Å². The van der Waals surface area contributed by atoms with Gasteiger partial charge >= 0.3 is 0 Å². The van der Waals surface area contributed by atoms with E-state index in [4.69, 9.17) is 16.3 Å². The zero-order valence-electron chi connectivity index (χ0n) is 15.2. The van der Waals surface area contributed by atoms with Crippen molar-refractivity contribution in [2.75, 3.05) is 17.7 Å². The van der Waals surface area contributed by atoms with Crippen LogP contribution in [0.15, 0.2) is 42.5 Å². The first-order chi connectivity index (χ1) is 12.5. The molecule has 0 bridgehead atoms. The number of halogens is 1. The lowest BCUT2D eigenvalue weighted by Gasteiger charge is -2.14. The van der Waals surface area contributed by atoms with Crippen molar-refractivity contribution in [1.82, 2.24) is 9.97 Å². The highest BCUT2D eigenvalue weighted by Crippen LogP contribution is 2.30. The van der Waals surface area contributed by atoms with E-state index < -0.39 is 0 Å². The van der Waals surface area contributed by atoms with Gasteiger partial charge in [-0.1, -0.05) is 23.7 Å². The lowest BCUT2D eigenvalue weighted by atomic mass is 10.1. The van der Waals surface area contributed by atoms with Gasteiger partial charge in [0.1, 0.15) is 11.6 Å². The van der Waals surface area contributed by atoms with Crippen LogP contribution < -0.4 is 15.4 Å². The van der Waals surface area contributed by atoms with Crippen LogP contribution in [0.4, 0.5) is 23.1 Å². The number of aromatic nitrogens is 2. The quantitative estimate of drug-likeness (QED) is 0.618. The summed E-state index contributed by atoms with van der Waals surface area (Å²) in [5, 5.41) is 7.18. The highest BCUT2D eigenvalue weighted by atomic mass is 35.5. The standard InChI is InChI=1S/C20H21ClN4O/c1-12-6-5-7-16(14(12)3)24-20-22-13(2)10-19(25-20)23-17-11-15(21)8-9-18(17)26-4/h5-11H,1-4H3,(H2,22,23,24,25). The molecule has 0 spiro atoms. The second kappa shape index (κ2) is 7.62. The molecule has 0 aliphatic heterocycles. The van der Waals surface area contributed by atoms with E-state index in [-0.39, 0.29) is 0 Å². The molecule has 134 valence electrons. The lowest BCUT2D eigenvalue weighted by Crippen LogP contribution is -2.04. The average Bonchev–Trinajstić information content (AvgIpc) is 2.59. The van der Waals surface area contributed by atoms with Crippen molar-refractivity contribution >= 4 is 34.7 Å². The largest absolute Gasteiger partial charge is 0.495 e. The molecule has 0 atom stereocenters. The molecule has 6 heteroatoms. The summed E-state index contributed by atoms with van der Waals surface area (Å²) in [6, 6.07) is 13.4. The fraction of sp³-hybridized carbons (Fsp3) is 0.200. The maximum Gasteiger partial charge on any atom is 0.229 e. The molecular formula is C20H21ClN4O. The zero-order valence-corrected chi connectivity index (χ0v) is 16.0. The second-order valence-corrected chi connectivity index (χ2v) is 6.50. The number of anilines is 4. The van der Waals surface area contributed by atoms with Gasteiger partial charge in [-0.3, -0.25) is 0 Å². The van der Waals surface area contributed by atoms with E-state index in [2.05, 4.69) is 40.5 Å². The molecule has 0 saturated heterocycles. The minimum absolute atomic E-state index is 0.530. The second-order valence-electron chi connectivity index (χ2n) is 6.06. The van der Waals surface area contributed by atoms with Crippen LogP contribution >= 0.6 is 11.6 Å². The smallest absolute Gasteiger partial charge is 0.229 e. The maximum atomic E-state index is 6.10. The van der Waals surface area contributed by atoms with Crippen LogP contribution in [-0.2, 0) is 0 Å². The van der Waals surface area contributed by atoms with Crippen molar-refractivity contribution in [1.29, 1.82) is 0 Å². The van der Waals surface area contributed by atoms with Crippen molar-refractivity contribution in [3.8, 4) is 5.75 Å².